The normalized spacial score (nSPS) is 15.3. The highest BCUT2D eigenvalue weighted by atomic mass is 19.1. The first-order valence-corrected chi connectivity index (χ1v) is 5.86. The molecule has 0 aliphatic carbocycles. The van der Waals surface area contributed by atoms with Crippen LogP contribution in [-0.4, -0.2) is 16.7 Å². The molecule has 98 valence electrons. The number of carbonyl (C=O) groups is 1. The minimum atomic E-state index is -0.540. The second kappa shape index (κ2) is 4.57. The molecule has 1 amide bonds. The Labute approximate surface area is 106 Å². The Bertz CT molecular complexity index is 469. The number of amides is 1. The number of hydrogen-bond acceptors (Lipinski definition) is 3. The Morgan fingerprint density at radius 2 is 2.11 bits per heavy atom. The second-order valence-corrected chi connectivity index (χ2v) is 5.35. The molecule has 0 radical (unpaired) electrons. The summed E-state index contributed by atoms with van der Waals surface area (Å²) in [6, 6.07) is 4.95. The van der Waals surface area contributed by atoms with E-state index >= 15 is 0 Å². The van der Waals surface area contributed by atoms with Crippen molar-refractivity contribution in [3.05, 3.63) is 35.1 Å². The van der Waals surface area contributed by atoms with E-state index in [4.69, 9.17) is 4.74 Å². The molecule has 4 nitrogen and oxygen atoms in total. The zero-order valence-corrected chi connectivity index (χ0v) is 10.8. The molecular formula is C13H17FN2O2. The molecule has 0 saturated heterocycles. The average Bonchev–Trinajstić information content (AvgIpc) is 2.58. The van der Waals surface area contributed by atoms with Crippen molar-refractivity contribution in [3.8, 4) is 0 Å². The molecular weight excluding hydrogens is 235 g/mol. The topological polar surface area (TPSA) is 41.6 Å². The van der Waals surface area contributed by atoms with Crippen molar-refractivity contribution in [1.82, 2.24) is 10.4 Å². The Hall–Kier alpha value is -1.62. The van der Waals surface area contributed by atoms with Gasteiger partial charge in [-0.2, -0.15) is 0 Å². The summed E-state index contributed by atoms with van der Waals surface area (Å²) < 4.78 is 18.6. The molecule has 1 heterocycles. The van der Waals surface area contributed by atoms with E-state index in [0.29, 0.717) is 18.7 Å². The van der Waals surface area contributed by atoms with Crippen LogP contribution in [0.5, 0.6) is 0 Å². The van der Waals surface area contributed by atoms with Crippen LogP contribution in [0.1, 0.15) is 31.9 Å². The van der Waals surface area contributed by atoms with E-state index in [9.17, 15) is 9.18 Å². The zero-order valence-electron chi connectivity index (χ0n) is 10.8. The molecule has 1 N–H and O–H groups in total. The molecule has 1 aliphatic rings. The number of carbonyl (C=O) groups excluding carboxylic acids is 1. The van der Waals surface area contributed by atoms with Crippen LogP contribution in [0.25, 0.3) is 0 Å². The standard InChI is InChI=1S/C13H17FN2O2/c1-13(2,3)18-12(17)15-16-7-9-5-4-6-11(14)10(9)8-16/h4-6H,7-8H2,1-3H3,(H,15,17). The number of ether oxygens (including phenoxy) is 1. The van der Waals surface area contributed by atoms with E-state index in [1.807, 2.05) is 6.07 Å². The maximum absolute atomic E-state index is 13.5. The summed E-state index contributed by atoms with van der Waals surface area (Å²) in [5, 5.41) is 1.64. The van der Waals surface area contributed by atoms with Gasteiger partial charge in [0.2, 0.25) is 0 Å². The molecule has 0 spiro atoms. The number of rotatable bonds is 1. The van der Waals surface area contributed by atoms with Crippen molar-refractivity contribution in [3.63, 3.8) is 0 Å². The first kappa shape index (κ1) is 12.8. The molecule has 0 atom stereocenters. The third-order valence-electron chi connectivity index (χ3n) is 2.57. The first-order chi connectivity index (χ1) is 8.35. The molecule has 0 bridgehead atoms. The van der Waals surface area contributed by atoms with E-state index in [1.54, 1.807) is 31.8 Å². The van der Waals surface area contributed by atoms with E-state index < -0.39 is 11.7 Å². The van der Waals surface area contributed by atoms with Gasteiger partial charge in [-0.15, -0.1) is 0 Å². The van der Waals surface area contributed by atoms with Crippen LogP contribution in [0, 0.1) is 5.82 Å². The van der Waals surface area contributed by atoms with Crippen molar-refractivity contribution in [2.45, 2.75) is 39.5 Å². The Morgan fingerprint density at radius 3 is 2.72 bits per heavy atom. The zero-order chi connectivity index (χ0) is 13.3. The van der Waals surface area contributed by atoms with Gasteiger partial charge in [0.05, 0.1) is 0 Å². The third-order valence-corrected chi connectivity index (χ3v) is 2.57. The maximum atomic E-state index is 13.5. The molecule has 0 fully saturated rings. The Kier molecular flexibility index (Phi) is 3.26. The highest BCUT2D eigenvalue weighted by Crippen LogP contribution is 2.23. The third kappa shape index (κ3) is 2.98. The maximum Gasteiger partial charge on any atom is 0.422 e. The predicted octanol–water partition coefficient (Wildman–Crippen LogP) is 2.58. The number of benzene rings is 1. The largest absolute Gasteiger partial charge is 0.443 e. The van der Waals surface area contributed by atoms with Gasteiger partial charge in [-0.25, -0.2) is 14.2 Å². The lowest BCUT2D eigenvalue weighted by atomic mass is 10.1. The molecule has 2 rings (SSSR count). The van der Waals surface area contributed by atoms with Crippen molar-refractivity contribution >= 4 is 6.09 Å². The summed E-state index contributed by atoms with van der Waals surface area (Å²) in [5.41, 5.74) is 3.60. The van der Waals surface area contributed by atoms with Gasteiger partial charge < -0.3 is 4.74 Å². The van der Waals surface area contributed by atoms with Crippen LogP contribution >= 0.6 is 0 Å². The smallest absolute Gasteiger partial charge is 0.422 e. The minimum absolute atomic E-state index is 0.235. The fourth-order valence-electron chi connectivity index (χ4n) is 1.89. The van der Waals surface area contributed by atoms with Crippen LogP contribution in [0.4, 0.5) is 9.18 Å². The first-order valence-electron chi connectivity index (χ1n) is 5.86. The molecule has 0 saturated carbocycles. The van der Waals surface area contributed by atoms with E-state index in [-0.39, 0.29) is 5.82 Å². The number of nitrogens with one attached hydrogen (secondary N) is 1. The van der Waals surface area contributed by atoms with Crippen LogP contribution in [0.2, 0.25) is 0 Å². The summed E-state index contributed by atoms with van der Waals surface area (Å²) in [6.07, 6.45) is -0.518. The lowest BCUT2D eigenvalue weighted by Gasteiger charge is -2.23. The molecule has 0 unspecified atom stereocenters. The Balaban J connectivity index is 1.96. The fraction of sp³-hybridized carbons (Fsp3) is 0.462. The highest BCUT2D eigenvalue weighted by Gasteiger charge is 2.25. The lowest BCUT2D eigenvalue weighted by Crippen LogP contribution is -2.41. The molecule has 1 aliphatic heterocycles. The number of halogens is 1. The molecule has 1 aromatic carbocycles. The van der Waals surface area contributed by atoms with Crippen molar-refractivity contribution in [2.24, 2.45) is 0 Å². The number of fused-ring (bicyclic) bond motifs is 1. The van der Waals surface area contributed by atoms with Crippen molar-refractivity contribution < 1.29 is 13.9 Å². The van der Waals surface area contributed by atoms with Crippen LogP contribution in [0.3, 0.4) is 0 Å². The predicted molar refractivity (Wildman–Crippen MR) is 65.0 cm³/mol. The molecule has 0 aromatic heterocycles. The minimum Gasteiger partial charge on any atom is -0.443 e. The van der Waals surface area contributed by atoms with Gasteiger partial charge in [0, 0.05) is 18.7 Å². The quantitative estimate of drug-likeness (QED) is 0.835. The molecule has 1 aromatic rings. The molecule has 5 heteroatoms. The average molecular weight is 252 g/mol. The second-order valence-electron chi connectivity index (χ2n) is 5.35. The highest BCUT2D eigenvalue weighted by molar-refractivity contribution is 5.67. The number of hydrogen-bond donors (Lipinski definition) is 1. The summed E-state index contributed by atoms with van der Waals surface area (Å²) in [4.78, 5) is 11.6. The van der Waals surface area contributed by atoms with Crippen LogP contribution < -0.4 is 5.43 Å². The van der Waals surface area contributed by atoms with Gasteiger partial charge in [-0.05, 0) is 32.4 Å². The number of nitrogens with zero attached hydrogens (tertiary/aromatic N) is 1. The monoisotopic (exact) mass is 252 g/mol. The summed E-state index contributed by atoms with van der Waals surface area (Å²) in [5.74, 6) is -0.235. The van der Waals surface area contributed by atoms with Gasteiger partial charge in [0.25, 0.3) is 0 Å². The van der Waals surface area contributed by atoms with Crippen LogP contribution in [-0.2, 0) is 17.8 Å². The lowest BCUT2D eigenvalue weighted by molar-refractivity contribution is 0.0323. The van der Waals surface area contributed by atoms with Gasteiger partial charge in [-0.1, -0.05) is 12.1 Å². The van der Waals surface area contributed by atoms with Gasteiger partial charge in [-0.3, -0.25) is 5.43 Å². The van der Waals surface area contributed by atoms with Gasteiger partial charge >= 0.3 is 6.09 Å². The van der Waals surface area contributed by atoms with Gasteiger partial charge in [0.1, 0.15) is 11.4 Å². The SMILES string of the molecule is CC(C)(C)OC(=O)NN1Cc2cccc(F)c2C1. The van der Waals surface area contributed by atoms with Crippen molar-refractivity contribution in [2.75, 3.05) is 0 Å². The Morgan fingerprint density at radius 1 is 1.39 bits per heavy atom. The summed E-state index contributed by atoms with van der Waals surface area (Å²) in [6.45, 7) is 6.24. The summed E-state index contributed by atoms with van der Waals surface area (Å²) in [7, 11) is 0. The van der Waals surface area contributed by atoms with E-state index in [0.717, 1.165) is 5.56 Å². The summed E-state index contributed by atoms with van der Waals surface area (Å²) >= 11 is 0. The number of hydrazine groups is 1. The van der Waals surface area contributed by atoms with Gasteiger partial charge in [0.15, 0.2) is 0 Å². The fourth-order valence-corrected chi connectivity index (χ4v) is 1.89. The van der Waals surface area contributed by atoms with Crippen molar-refractivity contribution in [1.29, 1.82) is 0 Å². The van der Waals surface area contributed by atoms with Crippen LogP contribution in [0.15, 0.2) is 18.2 Å². The van der Waals surface area contributed by atoms with E-state index in [2.05, 4.69) is 5.43 Å². The molecule has 18 heavy (non-hydrogen) atoms. The van der Waals surface area contributed by atoms with E-state index in [1.165, 1.54) is 6.07 Å².